The van der Waals surface area contributed by atoms with Gasteiger partial charge in [0.15, 0.2) is 0 Å². The van der Waals surface area contributed by atoms with Crippen molar-refractivity contribution in [3.63, 3.8) is 0 Å². The fourth-order valence-corrected chi connectivity index (χ4v) is 0.878. The van der Waals surface area contributed by atoms with Gasteiger partial charge in [-0.1, -0.05) is 12.2 Å². The minimum Gasteiger partial charge on any atom is -0.396 e. The first kappa shape index (κ1) is 5.79. The first-order chi connectivity index (χ1) is 3.84. The van der Waals surface area contributed by atoms with Crippen LogP contribution in [0.2, 0.25) is 0 Å². The van der Waals surface area contributed by atoms with E-state index in [0.717, 1.165) is 0 Å². The van der Waals surface area contributed by atoms with E-state index in [4.69, 9.17) is 10.2 Å². The Morgan fingerprint density at radius 3 is 2.62 bits per heavy atom. The van der Waals surface area contributed by atoms with Crippen LogP contribution >= 0.6 is 0 Å². The van der Waals surface area contributed by atoms with Gasteiger partial charge in [0.05, 0.1) is 12.7 Å². The van der Waals surface area contributed by atoms with Crippen molar-refractivity contribution in [3.8, 4) is 0 Å². The highest BCUT2D eigenvalue weighted by molar-refractivity contribution is 5.01. The van der Waals surface area contributed by atoms with Crippen molar-refractivity contribution < 1.29 is 10.2 Å². The zero-order valence-electron chi connectivity index (χ0n) is 4.62. The fourth-order valence-electron chi connectivity index (χ4n) is 0.878. The Morgan fingerprint density at radius 1 is 1.62 bits per heavy atom. The molecule has 0 aromatic rings. The average molecular weight is 114 g/mol. The van der Waals surface area contributed by atoms with Gasteiger partial charge in [-0.05, 0) is 6.42 Å². The highest BCUT2D eigenvalue weighted by Crippen LogP contribution is 2.16. The van der Waals surface area contributed by atoms with Crippen LogP contribution in [0.1, 0.15) is 6.42 Å². The molecule has 0 heterocycles. The SMILES string of the molecule is OC[C@H]1C=CC[C@@H]1O. The lowest BCUT2D eigenvalue weighted by atomic mass is 10.1. The van der Waals surface area contributed by atoms with Crippen LogP contribution < -0.4 is 0 Å². The molecule has 0 fully saturated rings. The first-order valence-corrected chi connectivity index (χ1v) is 2.80. The number of aliphatic hydroxyl groups is 2. The Kier molecular flexibility index (Phi) is 1.65. The number of hydrogen-bond donors (Lipinski definition) is 2. The van der Waals surface area contributed by atoms with Crippen LogP contribution in [0.15, 0.2) is 12.2 Å². The first-order valence-electron chi connectivity index (χ1n) is 2.80. The van der Waals surface area contributed by atoms with Crippen LogP contribution in [0, 0.1) is 5.92 Å². The molecule has 2 heteroatoms. The van der Waals surface area contributed by atoms with Crippen molar-refractivity contribution >= 4 is 0 Å². The molecule has 1 aliphatic rings. The summed E-state index contributed by atoms with van der Waals surface area (Å²) < 4.78 is 0. The van der Waals surface area contributed by atoms with E-state index in [1.54, 1.807) is 0 Å². The summed E-state index contributed by atoms with van der Waals surface area (Å²) >= 11 is 0. The highest BCUT2D eigenvalue weighted by Gasteiger charge is 2.18. The van der Waals surface area contributed by atoms with E-state index in [2.05, 4.69) is 0 Å². The van der Waals surface area contributed by atoms with Crippen molar-refractivity contribution in [2.75, 3.05) is 6.61 Å². The Bertz CT molecular complexity index is 98.7. The van der Waals surface area contributed by atoms with E-state index < -0.39 is 0 Å². The van der Waals surface area contributed by atoms with E-state index >= 15 is 0 Å². The molecule has 0 aromatic heterocycles. The van der Waals surface area contributed by atoms with Crippen LogP contribution in [0.25, 0.3) is 0 Å². The van der Waals surface area contributed by atoms with E-state index in [-0.39, 0.29) is 18.6 Å². The molecule has 0 radical (unpaired) electrons. The van der Waals surface area contributed by atoms with Crippen LogP contribution in [0.4, 0.5) is 0 Å². The zero-order chi connectivity index (χ0) is 5.98. The molecule has 8 heavy (non-hydrogen) atoms. The van der Waals surface area contributed by atoms with Crippen LogP contribution in [0.5, 0.6) is 0 Å². The minimum absolute atomic E-state index is 0.00463. The quantitative estimate of drug-likeness (QED) is 0.468. The molecule has 0 aliphatic heterocycles. The predicted molar refractivity (Wildman–Crippen MR) is 30.3 cm³/mol. The van der Waals surface area contributed by atoms with Crippen LogP contribution in [-0.4, -0.2) is 22.9 Å². The lowest BCUT2D eigenvalue weighted by molar-refractivity contribution is 0.104. The molecule has 0 amide bonds. The third kappa shape index (κ3) is 0.904. The van der Waals surface area contributed by atoms with Crippen molar-refractivity contribution in [1.29, 1.82) is 0 Å². The Hall–Kier alpha value is -0.340. The fraction of sp³-hybridized carbons (Fsp3) is 0.667. The van der Waals surface area contributed by atoms with E-state index in [0.29, 0.717) is 6.42 Å². The van der Waals surface area contributed by atoms with Crippen molar-refractivity contribution in [3.05, 3.63) is 12.2 Å². The second-order valence-electron chi connectivity index (χ2n) is 2.08. The van der Waals surface area contributed by atoms with E-state index in [9.17, 15) is 0 Å². The van der Waals surface area contributed by atoms with Gasteiger partial charge in [0.25, 0.3) is 0 Å². The van der Waals surface area contributed by atoms with E-state index in [1.807, 2.05) is 12.2 Å². The van der Waals surface area contributed by atoms with Gasteiger partial charge in [-0.2, -0.15) is 0 Å². The second-order valence-corrected chi connectivity index (χ2v) is 2.08. The molecule has 0 saturated carbocycles. The summed E-state index contributed by atoms with van der Waals surface area (Å²) in [5.74, 6) is -0.00463. The van der Waals surface area contributed by atoms with Crippen molar-refractivity contribution in [1.82, 2.24) is 0 Å². The van der Waals surface area contributed by atoms with Gasteiger partial charge < -0.3 is 10.2 Å². The molecule has 0 bridgehead atoms. The third-order valence-corrected chi connectivity index (χ3v) is 1.47. The van der Waals surface area contributed by atoms with Gasteiger partial charge in [-0.15, -0.1) is 0 Å². The summed E-state index contributed by atoms with van der Waals surface area (Å²) in [6.07, 6.45) is 4.11. The zero-order valence-corrected chi connectivity index (χ0v) is 4.62. The van der Waals surface area contributed by atoms with Gasteiger partial charge >= 0.3 is 0 Å². The molecule has 0 saturated heterocycles. The summed E-state index contributed by atoms with van der Waals surface area (Å²) in [4.78, 5) is 0. The predicted octanol–water partition coefficient (Wildman–Crippen LogP) is -0.0843. The Labute approximate surface area is 48.5 Å². The molecule has 0 spiro atoms. The van der Waals surface area contributed by atoms with Gasteiger partial charge in [-0.25, -0.2) is 0 Å². The number of aliphatic hydroxyl groups excluding tert-OH is 2. The summed E-state index contributed by atoms with van der Waals surface area (Å²) in [6, 6.07) is 0. The molecule has 1 rings (SSSR count). The van der Waals surface area contributed by atoms with Gasteiger partial charge in [-0.3, -0.25) is 0 Å². The molecule has 46 valence electrons. The molecule has 2 N–H and O–H groups in total. The second kappa shape index (κ2) is 2.29. The van der Waals surface area contributed by atoms with E-state index in [1.165, 1.54) is 0 Å². The molecule has 1 aliphatic carbocycles. The third-order valence-electron chi connectivity index (χ3n) is 1.47. The summed E-state index contributed by atoms with van der Waals surface area (Å²) in [7, 11) is 0. The summed E-state index contributed by atoms with van der Waals surface area (Å²) in [5.41, 5.74) is 0. The Morgan fingerprint density at radius 2 is 2.38 bits per heavy atom. The lowest BCUT2D eigenvalue weighted by Gasteiger charge is -2.08. The van der Waals surface area contributed by atoms with Gasteiger partial charge in [0.1, 0.15) is 0 Å². The average Bonchev–Trinajstić information content (AvgIpc) is 2.14. The standard InChI is InChI=1S/C6H10O2/c7-4-5-2-1-3-6(5)8/h1-2,5-8H,3-4H2/t5-,6+/m1/s1. The number of hydrogen-bond acceptors (Lipinski definition) is 2. The summed E-state index contributed by atoms with van der Waals surface area (Å²) in [5, 5.41) is 17.5. The maximum Gasteiger partial charge on any atom is 0.0659 e. The topological polar surface area (TPSA) is 40.5 Å². The summed E-state index contributed by atoms with van der Waals surface area (Å²) in [6.45, 7) is 0.0671. The number of rotatable bonds is 1. The van der Waals surface area contributed by atoms with Gasteiger partial charge in [0, 0.05) is 5.92 Å². The molecule has 0 aromatic carbocycles. The molecule has 2 atom stereocenters. The lowest BCUT2D eigenvalue weighted by Crippen LogP contribution is -2.16. The highest BCUT2D eigenvalue weighted by atomic mass is 16.3. The molecular weight excluding hydrogens is 104 g/mol. The van der Waals surface area contributed by atoms with Crippen LogP contribution in [-0.2, 0) is 0 Å². The smallest absolute Gasteiger partial charge is 0.0659 e. The monoisotopic (exact) mass is 114 g/mol. The normalized spacial score (nSPS) is 36.2. The molecule has 0 unspecified atom stereocenters. The maximum atomic E-state index is 8.97. The minimum atomic E-state index is -0.333. The van der Waals surface area contributed by atoms with Crippen molar-refractivity contribution in [2.24, 2.45) is 5.92 Å². The maximum absolute atomic E-state index is 8.97. The molecular formula is C6H10O2. The largest absolute Gasteiger partial charge is 0.396 e. The van der Waals surface area contributed by atoms with Crippen molar-refractivity contribution in [2.45, 2.75) is 12.5 Å². The molecule has 2 nitrogen and oxygen atoms in total. The van der Waals surface area contributed by atoms with Crippen LogP contribution in [0.3, 0.4) is 0 Å². The Balaban J connectivity index is 2.41. The van der Waals surface area contributed by atoms with Gasteiger partial charge in [0.2, 0.25) is 0 Å².